The van der Waals surface area contributed by atoms with Crippen LogP contribution in [0.5, 0.6) is 0 Å². The van der Waals surface area contributed by atoms with E-state index in [1.54, 1.807) is 14.2 Å². The van der Waals surface area contributed by atoms with Crippen molar-refractivity contribution in [3.63, 3.8) is 0 Å². The Morgan fingerprint density at radius 2 is 1.60 bits per heavy atom. The molecule has 1 aliphatic carbocycles. The van der Waals surface area contributed by atoms with Crippen LogP contribution in [0, 0.1) is 0 Å². The van der Waals surface area contributed by atoms with E-state index in [-0.39, 0.29) is 11.3 Å². The molecule has 60 valence electrons. The van der Waals surface area contributed by atoms with Gasteiger partial charge in [-0.15, -0.1) is 0 Å². The second-order valence-electron chi connectivity index (χ2n) is 3.33. The molecular formula is C7H15NO2. The maximum Gasteiger partial charge on any atom is 0.170 e. The molecular weight excluding hydrogens is 130 g/mol. The van der Waals surface area contributed by atoms with Gasteiger partial charge in [-0.25, -0.2) is 0 Å². The van der Waals surface area contributed by atoms with Crippen molar-refractivity contribution in [2.75, 3.05) is 14.2 Å². The van der Waals surface area contributed by atoms with Crippen LogP contribution in [0.15, 0.2) is 0 Å². The lowest BCUT2D eigenvalue weighted by atomic mass is 9.73. The molecule has 0 spiro atoms. The summed E-state index contributed by atoms with van der Waals surface area (Å²) in [4.78, 5) is 0. The first-order chi connectivity index (χ1) is 4.54. The molecule has 0 unspecified atom stereocenters. The normalized spacial score (nSPS) is 27.6. The summed E-state index contributed by atoms with van der Waals surface area (Å²) in [6.07, 6.45) is 1.57. The third kappa shape index (κ3) is 1.17. The second kappa shape index (κ2) is 2.19. The molecule has 0 aromatic carbocycles. The Morgan fingerprint density at radius 3 is 1.70 bits per heavy atom. The van der Waals surface area contributed by atoms with E-state index >= 15 is 0 Å². The average molecular weight is 145 g/mol. The molecule has 1 fully saturated rings. The van der Waals surface area contributed by atoms with E-state index in [1.165, 1.54) is 0 Å². The van der Waals surface area contributed by atoms with Crippen LogP contribution in [0.4, 0.5) is 0 Å². The second-order valence-corrected chi connectivity index (χ2v) is 3.33. The molecule has 2 N–H and O–H groups in total. The van der Waals surface area contributed by atoms with E-state index in [1.807, 2.05) is 6.92 Å². The zero-order valence-electron chi connectivity index (χ0n) is 6.81. The summed E-state index contributed by atoms with van der Waals surface area (Å²) in [7, 11) is 3.30. The van der Waals surface area contributed by atoms with Crippen molar-refractivity contribution < 1.29 is 9.47 Å². The van der Waals surface area contributed by atoms with Gasteiger partial charge in [0.1, 0.15) is 0 Å². The van der Waals surface area contributed by atoms with E-state index in [0.29, 0.717) is 0 Å². The van der Waals surface area contributed by atoms with Gasteiger partial charge >= 0.3 is 0 Å². The van der Waals surface area contributed by atoms with Gasteiger partial charge in [-0.05, 0) is 6.92 Å². The minimum Gasteiger partial charge on any atom is -0.353 e. The number of hydrogen-bond acceptors (Lipinski definition) is 3. The van der Waals surface area contributed by atoms with E-state index in [2.05, 4.69) is 0 Å². The Labute approximate surface area is 61.5 Å². The molecule has 1 saturated carbocycles. The zero-order valence-corrected chi connectivity index (χ0v) is 6.81. The van der Waals surface area contributed by atoms with E-state index in [4.69, 9.17) is 15.2 Å². The van der Waals surface area contributed by atoms with Crippen molar-refractivity contribution in [2.45, 2.75) is 31.1 Å². The van der Waals surface area contributed by atoms with Gasteiger partial charge in [0.05, 0.1) is 0 Å². The Hall–Kier alpha value is -0.120. The predicted octanol–water partition coefficient (Wildman–Crippen LogP) is 0.487. The Bertz CT molecular complexity index is 120. The van der Waals surface area contributed by atoms with Gasteiger partial charge in [-0.2, -0.15) is 0 Å². The van der Waals surface area contributed by atoms with Crippen LogP contribution in [-0.4, -0.2) is 25.5 Å². The molecule has 3 nitrogen and oxygen atoms in total. The topological polar surface area (TPSA) is 44.5 Å². The molecule has 0 radical (unpaired) electrons. The molecule has 1 aliphatic rings. The molecule has 0 bridgehead atoms. The highest BCUT2D eigenvalue weighted by Crippen LogP contribution is 2.41. The summed E-state index contributed by atoms with van der Waals surface area (Å²) >= 11 is 0. The molecule has 0 amide bonds. The first-order valence-electron chi connectivity index (χ1n) is 3.43. The summed E-state index contributed by atoms with van der Waals surface area (Å²) in [6.45, 7) is 2.00. The van der Waals surface area contributed by atoms with Crippen molar-refractivity contribution in [1.29, 1.82) is 0 Å². The predicted molar refractivity (Wildman–Crippen MR) is 38.6 cm³/mol. The first-order valence-corrected chi connectivity index (χ1v) is 3.43. The first kappa shape index (κ1) is 7.98. The van der Waals surface area contributed by atoms with Crippen LogP contribution in [-0.2, 0) is 9.47 Å². The summed E-state index contributed by atoms with van der Waals surface area (Å²) in [5, 5.41) is 0. The summed E-state index contributed by atoms with van der Waals surface area (Å²) in [6, 6.07) is 0. The molecule has 0 saturated heterocycles. The molecule has 0 aliphatic heterocycles. The SMILES string of the molecule is COC1(OC)CC(C)(N)C1. The molecule has 10 heavy (non-hydrogen) atoms. The molecule has 0 atom stereocenters. The molecule has 3 heteroatoms. The zero-order chi connectivity index (χ0) is 7.83. The molecule has 0 aromatic heterocycles. The quantitative estimate of drug-likeness (QED) is 0.575. The van der Waals surface area contributed by atoms with Crippen molar-refractivity contribution >= 4 is 0 Å². The molecule has 0 heterocycles. The smallest absolute Gasteiger partial charge is 0.170 e. The highest BCUT2D eigenvalue weighted by Gasteiger charge is 2.50. The Morgan fingerprint density at radius 1 is 1.20 bits per heavy atom. The third-order valence-electron chi connectivity index (χ3n) is 2.09. The maximum atomic E-state index is 5.79. The minimum atomic E-state index is -0.385. The number of hydrogen-bond donors (Lipinski definition) is 1. The van der Waals surface area contributed by atoms with Crippen molar-refractivity contribution in [3.05, 3.63) is 0 Å². The largest absolute Gasteiger partial charge is 0.353 e. The van der Waals surface area contributed by atoms with Crippen LogP contribution < -0.4 is 5.73 Å². The van der Waals surface area contributed by atoms with Crippen molar-refractivity contribution in [1.82, 2.24) is 0 Å². The van der Waals surface area contributed by atoms with Crippen LogP contribution in [0.2, 0.25) is 0 Å². The minimum absolute atomic E-state index is 0.0913. The third-order valence-corrected chi connectivity index (χ3v) is 2.09. The van der Waals surface area contributed by atoms with Crippen molar-refractivity contribution in [2.24, 2.45) is 5.73 Å². The van der Waals surface area contributed by atoms with Crippen LogP contribution >= 0.6 is 0 Å². The highest BCUT2D eigenvalue weighted by atomic mass is 16.7. The van der Waals surface area contributed by atoms with Gasteiger partial charge in [0.2, 0.25) is 0 Å². The van der Waals surface area contributed by atoms with E-state index < -0.39 is 0 Å². The van der Waals surface area contributed by atoms with Gasteiger partial charge < -0.3 is 15.2 Å². The fraction of sp³-hybridized carbons (Fsp3) is 1.00. The summed E-state index contributed by atoms with van der Waals surface area (Å²) in [5.41, 5.74) is 5.70. The van der Waals surface area contributed by atoms with Gasteiger partial charge in [-0.1, -0.05) is 0 Å². The Kier molecular flexibility index (Phi) is 1.75. The summed E-state index contributed by atoms with van der Waals surface area (Å²) in [5.74, 6) is -0.385. The van der Waals surface area contributed by atoms with Gasteiger partial charge in [0, 0.05) is 32.6 Å². The van der Waals surface area contributed by atoms with Crippen LogP contribution in [0.3, 0.4) is 0 Å². The fourth-order valence-corrected chi connectivity index (χ4v) is 1.55. The lowest BCUT2D eigenvalue weighted by molar-refractivity contribution is -0.272. The Balaban J connectivity index is 2.46. The van der Waals surface area contributed by atoms with Gasteiger partial charge in [0.25, 0.3) is 0 Å². The van der Waals surface area contributed by atoms with Gasteiger partial charge in [-0.3, -0.25) is 0 Å². The monoisotopic (exact) mass is 145 g/mol. The lowest BCUT2D eigenvalue weighted by Gasteiger charge is -2.50. The fourth-order valence-electron chi connectivity index (χ4n) is 1.55. The van der Waals surface area contributed by atoms with E-state index in [0.717, 1.165) is 12.8 Å². The summed E-state index contributed by atoms with van der Waals surface area (Å²) < 4.78 is 10.3. The number of rotatable bonds is 2. The molecule has 0 aromatic rings. The molecule has 1 rings (SSSR count). The van der Waals surface area contributed by atoms with E-state index in [9.17, 15) is 0 Å². The van der Waals surface area contributed by atoms with Gasteiger partial charge in [0.15, 0.2) is 5.79 Å². The standard InChI is InChI=1S/C7H15NO2/c1-6(8)4-7(5-6,9-2)10-3/h4-5,8H2,1-3H3. The number of methoxy groups -OCH3 is 2. The van der Waals surface area contributed by atoms with Crippen LogP contribution in [0.25, 0.3) is 0 Å². The average Bonchev–Trinajstić information content (AvgIpc) is 1.82. The lowest BCUT2D eigenvalue weighted by Crippen LogP contribution is -2.62. The number of ether oxygens (including phenoxy) is 2. The van der Waals surface area contributed by atoms with Crippen molar-refractivity contribution in [3.8, 4) is 0 Å². The highest BCUT2D eigenvalue weighted by molar-refractivity contribution is 5.01. The van der Waals surface area contributed by atoms with Crippen LogP contribution in [0.1, 0.15) is 19.8 Å². The number of nitrogens with two attached hydrogens (primary N) is 1. The maximum absolute atomic E-state index is 5.79.